The summed E-state index contributed by atoms with van der Waals surface area (Å²) in [6, 6.07) is 22.2. The quantitative estimate of drug-likeness (QED) is 0.0965. The Morgan fingerprint density at radius 1 is 0.966 bits per heavy atom. The summed E-state index contributed by atoms with van der Waals surface area (Å²) in [5.41, 5.74) is 1.00. The van der Waals surface area contributed by atoms with Gasteiger partial charge in [-0.15, -0.1) is 0 Å². The highest BCUT2D eigenvalue weighted by molar-refractivity contribution is 7.99. The van der Waals surface area contributed by atoms with Crippen LogP contribution in [0, 0.1) is 5.92 Å². The summed E-state index contributed by atoms with van der Waals surface area (Å²) in [6.45, 7) is 2.38. The molecule has 0 spiro atoms. The van der Waals surface area contributed by atoms with Gasteiger partial charge in [0, 0.05) is 49.0 Å². The monoisotopic (exact) mass is 826 g/mol. The third-order valence-corrected chi connectivity index (χ3v) is 12.8. The van der Waals surface area contributed by atoms with Gasteiger partial charge in [0.1, 0.15) is 17.5 Å². The fourth-order valence-corrected chi connectivity index (χ4v) is 9.63. The number of ether oxygens (including phenoxy) is 2. The van der Waals surface area contributed by atoms with E-state index in [-0.39, 0.29) is 36.9 Å². The fraction of sp³-hybridized carbons (Fsp3) is 0.293. The van der Waals surface area contributed by atoms with Crippen molar-refractivity contribution in [3.8, 4) is 11.5 Å². The van der Waals surface area contributed by atoms with E-state index in [1.807, 2.05) is 24.3 Å². The first kappa shape index (κ1) is 40.3. The lowest BCUT2D eigenvalue weighted by molar-refractivity contribution is -0.138. The molecule has 17 heteroatoms. The van der Waals surface area contributed by atoms with Crippen molar-refractivity contribution in [3.63, 3.8) is 0 Å². The number of hydrogen-bond donors (Lipinski definition) is 4. The Hall–Kier alpha value is -5.91. The lowest BCUT2D eigenvalue weighted by Crippen LogP contribution is -2.49. The van der Waals surface area contributed by atoms with E-state index < -0.39 is 45.9 Å². The van der Waals surface area contributed by atoms with Gasteiger partial charge in [0.2, 0.25) is 11.8 Å². The molecule has 3 atom stereocenters. The van der Waals surface area contributed by atoms with Crippen LogP contribution >= 0.6 is 11.8 Å². The second-order valence-corrected chi connectivity index (χ2v) is 16.9. The molecule has 2 aromatic heterocycles. The van der Waals surface area contributed by atoms with Gasteiger partial charge in [-0.2, -0.15) is 0 Å². The predicted molar refractivity (Wildman–Crippen MR) is 214 cm³/mol. The average Bonchev–Trinajstić information content (AvgIpc) is 3.85. The molecule has 1 fully saturated rings. The highest BCUT2D eigenvalue weighted by Gasteiger charge is 2.40. The number of amides is 4. The number of carboxylic acid groups (broad SMARTS) is 1. The van der Waals surface area contributed by atoms with Crippen LogP contribution in [0.25, 0.3) is 10.9 Å². The van der Waals surface area contributed by atoms with Gasteiger partial charge in [0.15, 0.2) is 0 Å². The molecule has 1 saturated heterocycles. The van der Waals surface area contributed by atoms with Gasteiger partial charge in [-0.3, -0.25) is 19.4 Å². The van der Waals surface area contributed by atoms with E-state index in [4.69, 9.17) is 14.6 Å². The van der Waals surface area contributed by atoms with Gasteiger partial charge in [0.25, 0.3) is 15.9 Å². The van der Waals surface area contributed by atoms with Crippen molar-refractivity contribution in [2.45, 2.75) is 53.0 Å². The first-order chi connectivity index (χ1) is 28.0. The van der Waals surface area contributed by atoms with E-state index >= 15 is 0 Å². The van der Waals surface area contributed by atoms with Crippen LogP contribution in [0.5, 0.6) is 11.5 Å². The van der Waals surface area contributed by atoms with Crippen molar-refractivity contribution >= 4 is 56.5 Å². The Bertz CT molecular complexity index is 2440. The Balaban J connectivity index is 1.05. The topological polar surface area (TPSA) is 198 Å². The molecular formula is C41H42N6O9S2. The number of para-hydroxylation sites is 1. The normalized spacial score (nSPS) is 16.5. The maximum absolute atomic E-state index is 14.1. The van der Waals surface area contributed by atoms with Crippen molar-refractivity contribution in [1.82, 2.24) is 29.8 Å². The zero-order chi connectivity index (χ0) is 40.8. The van der Waals surface area contributed by atoms with E-state index in [1.165, 1.54) is 39.0 Å². The highest BCUT2D eigenvalue weighted by atomic mass is 32.2. The molecule has 3 aromatic carbocycles. The zero-order valence-electron chi connectivity index (χ0n) is 31.5. The summed E-state index contributed by atoms with van der Waals surface area (Å²) in [7, 11) is -4.09. The van der Waals surface area contributed by atoms with Gasteiger partial charge < -0.3 is 35.4 Å². The van der Waals surface area contributed by atoms with Crippen LogP contribution in [0.4, 0.5) is 4.79 Å². The van der Waals surface area contributed by atoms with Gasteiger partial charge in [0.05, 0.1) is 45.1 Å². The van der Waals surface area contributed by atoms with Crippen LogP contribution in [-0.4, -0.2) is 90.1 Å². The molecule has 0 radical (unpaired) electrons. The molecule has 58 heavy (non-hydrogen) atoms. The van der Waals surface area contributed by atoms with Crippen molar-refractivity contribution in [2.75, 3.05) is 32.8 Å². The summed E-state index contributed by atoms with van der Waals surface area (Å²) in [4.78, 5) is 59.5. The van der Waals surface area contributed by atoms with Gasteiger partial charge in [-0.05, 0) is 80.8 Å². The molecule has 4 amide bonds. The molecule has 15 nitrogen and oxygen atoms in total. The number of aromatic nitrogens is 2. The SMILES string of the molecule is CC(NC(=O)[C@@H]1CC(COCCCCNC(=O)O)CN1C(=O)CNC(=O)c1ccc2c(c1)Oc1ccccc1S2)c1cc2cnccc2n1S(=O)(=O)c1ccccc1. The third kappa shape index (κ3) is 8.96. The molecule has 0 aliphatic carbocycles. The predicted octanol–water partition coefficient (Wildman–Crippen LogP) is 5.42. The Morgan fingerprint density at radius 3 is 2.55 bits per heavy atom. The summed E-state index contributed by atoms with van der Waals surface area (Å²) in [6.07, 6.45) is 3.41. The number of likely N-dealkylation sites (tertiary alicyclic amines) is 1. The Morgan fingerprint density at radius 2 is 1.74 bits per heavy atom. The molecule has 4 heterocycles. The minimum Gasteiger partial charge on any atom is -0.465 e. The molecule has 7 rings (SSSR count). The third-order valence-electron chi connectivity index (χ3n) is 9.92. The molecule has 5 aromatic rings. The van der Waals surface area contributed by atoms with Crippen LogP contribution in [0.3, 0.4) is 0 Å². The lowest BCUT2D eigenvalue weighted by atomic mass is 10.1. The molecule has 302 valence electrons. The summed E-state index contributed by atoms with van der Waals surface area (Å²) in [5, 5.41) is 17.3. The van der Waals surface area contributed by atoms with Gasteiger partial charge in [-0.25, -0.2) is 17.2 Å². The molecule has 2 aliphatic heterocycles. The standard InChI is InChI=1S/C41H42N6O9S2/c1-26(32-20-29-22-42-17-15-31(29)47(32)58(53,54)30-9-3-2-4-10-30)45-40(50)33-19-27(25-55-18-8-7-16-43-41(51)52)24-46(33)38(48)23-44-39(49)28-13-14-37-35(21-28)56-34-11-5-6-12-36(34)57-37/h2-6,9-15,17,20-22,26-27,33,43H,7-8,16,18-19,23-25H2,1H3,(H,44,49)(H,45,50)(H,51,52)/t26?,27?,33-/m0/s1. The number of carbonyl (C=O) groups is 4. The van der Waals surface area contributed by atoms with E-state index in [9.17, 15) is 27.6 Å². The summed E-state index contributed by atoms with van der Waals surface area (Å²) in [5.74, 6) is -0.472. The second kappa shape index (κ2) is 17.7. The molecular weight excluding hydrogens is 785 g/mol. The maximum Gasteiger partial charge on any atom is 0.404 e. The maximum atomic E-state index is 14.1. The number of nitrogens with zero attached hydrogens (tertiary/aromatic N) is 3. The molecule has 2 aliphatic rings. The van der Waals surface area contributed by atoms with Crippen molar-refractivity contribution in [3.05, 3.63) is 109 Å². The smallest absolute Gasteiger partial charge is 0.404 e. The number of fused-ring (bicyclic) bond motifs is 3. The Labute approximate surface area is 339 Å². The number of carbonyl (C=O) groups excluding carboxylic acids is 3. The number of hydrogen-bond acceptors (Lipinski definition) is 10. The van der Waals surface area contributed by atoms with Gasteiger partial charge >= 0.3 is 6.09 Å². The first-order valence-corrected chi connectivity index (χ1v) is 21.0. The van der Waals surface area contributed by atoms with Crippen molar-refractivity contribution < 1.29 is 42.2 Å². The Kier molecular flexibility index (Phi) is 12.3. The van der Waals surface area contributed by atoms with Crippen molar-refractivity contribution in [2.24, 2.45) is 5.92 Å². The average molecular weight is 827 g/mol. The van der Waals surface area contributed by atoms with Crippen LogP contribution < -0.4 is 20.7 Å². The molecule has 0 saturated carbocycles. The molecule has 2 unspecified atom stereocenters. The summed E-state index contributed by atoms with van der Waals surface area (Å²) >= 11 is 1.53. The molecule has 4 N–H and O–H groups in total. The number of nitrogens with one attached hydrogen (secondary N) is 3. The lowest BCUT2D eigenvalue weighted by Gasteiger charge is -2.26. The minimum absolute atomic E-state index is 0.0758. The number of unbranched alkanes of at least 4 members (excludes halogenated alkanes) is 1. The van der Waals surface area contributed by atoms with Crippen molar-refractivity contribution in [1.29, 1.82) is 0 Å². The van der Waals surface area contributed by atoms with Crippen LogP contribution in [0.2, 0.25) is 0 Å². The van der Waals surface area contributed by atoms with Crippen LogP contribution in [-0.2, 0) is 24.3 Å². The van der Waals surface area contributed by atoms with E-state index in [1.54, 1.807) is 61.7 Å². The molecule has 0 bridgehead atoms. The first-order valence-electron chi connectivity index (χ1n) is 18.8. The van der Waals surface area contributed by atoms with Gasteiger partial charge in [-0.1, -0.05) is 42.1 Å². The highest BCUT2D eigenvalue weighted by Crippen LogP contribution is 2.47. The van der Waals surface area contributed by atoms with Crippen LogP contribution in [0.15, 0.2) is 112 Å². The minimum atomic E-state index is -4.09. The van der Waals surface area contributed by atoms with E-state index in [2.05, 4.69) is 20.9 Å². The number of pyridine rings is 1. The zero-order valence-corrected chi connectivity index (χ0v) is 33.1. The van der Waals surface area contributed by atoms with E-state index in [0.29, 0.717) is 59.7 Å². The summed E-state index contributed by atoms with van der Waals surface area (Å²) < 4.78 is 41.1. The largest absolute Gasteiger partial charge is 0.465 e. The van der Waals surface area contributed by atoms with E-state index in [0.717, 1.165) is 9.79 Å². The number of rotatable bonds is 15. The fourth-order valence-electron chi connectivity index (χ4n) is 7.07. The second-order valence-electron chi connectivity index (χ2n) is 14.0. The number of benzene rings is 3. The van der Waals surface area contributed by atoms with Crippen LogP contribution in [0.1, 0.15) is 48.3 Å².